The minimum absolute atomic E-state index is 0.406. The molecule has 0 N–H and O–H groups in total. The largest absolute Gasteiger partial charge is 0.493 e. The van der Waals surface area contributed by atoms with Crippen LogP contribution in [0.1, 0.15) is 19.4 Å². The highest BCUT2D eigenvalue weighted by Crippen LogP contribution is 2.27. The molecular weight excluding hydrogens is 302 g/mol. The van der Waals surface area contributed by atoms with Crippen LogP contribution in [-0.2, 0) is 19.1 Å². The molecule has 0 unspecified atom stereocenters. The lowest BCUT2D eigenvalue weighted by atomic mass is 10.2. The Kier molecular flexibility index (Phi) is 9.42. The summed E-state index contributed by atoms with van der Waals surface area (Å²) in [7, 11) is 1.55. The van der Waals surface area contributed by atoms with Crippen LogP contribution in [-0.4, -0.2) is 52.3 Å². The van der Waals surface area contributed by atoms with E-state index < -0.39 is 5.97 Å². The molecule has 0 amide bonds. The molecule has 0 aliphatic carbocycles. The van der Waals surface area contributed by atoms with Crippen molar-refractivity contribution < 1.29 is 28.6 Å². The number of benzene rings is 1. The van der Waals surface area contributed by atoms with Crippen molar-refractivity contribution in [3.8, 4) is 11.5 Å². The van der Waals surface area contributed by atoms with Gasteiger partial charge in [0.15, 0.2) is 11.5 Å². The van der Waals surface area contributed by atoms with Gasteiger partial charge in [0.1, 0.15) is 6.61 Å². The van der Waals surface area contributed by atoms with Crippen LogP contribution in [0.4, 0.5) is 0 Å². The molecule has 7 heteroatoms. The Morgan fingerprint density at radius 3 is 2.57 bits per heavy atom. The molecule has 0 heterocycles. The summed E-state index contributed by atoms with van der Waals surface area (Å²) in [6.45, 7) is 5.90. The SMILES string of the molecule is CCOCCOCCOc1ccc(/C=N/OC(C)=O)cc1OC. The maximum Gasteiger partial charge on any atom is 0.331 e. The molecule has 0 spiro atoms. The standard InChI is InChI=1S/C16H23NO6/c1-4-20-7-8-21-9-10-22-15-6-5-14(11-16(15)19-3)12-17-23-13(2)18/h5-6,11-12H,4,7-10H2,1-3H3/b17-12+. The van der Waals surface area contributed by atoms with Gasteiger partial charge in [0, 0.05) is 19.1 Å². The van der Waals surface area contributed by atoms with Crippen molar-refractivity contribution >= 4 is 12.2 Å². The summed E-state index contributed by atoms with van der Waals surface area (Å²) in [5.41, 5.74) is 0.725. The van der Waals surface area contributed by atoms with Gasteiger partial charge in [0.25, 0.3) is 0 Å². The summed E-state index contributed by atoms with van der Waals surface area (Å²) < 4.78 is 21.4. The van der Waals surface area contributed by atoms with Crippen LogP contribution < -0.4 is 9.47 Å². The number of oxime groups is 1. The first kappa shape index (κ1) is 18.9. The summed E-state index contributed by atoms with van der Waals surface area (Å²) in [5, 5.41) is 3.55. The van der Waals surface area contributed by atoms with Gasteiger partial charge in [-0.1, -0.05) is 5.16 Å². The first-order valence-electron chi connectivity index (χ1n) is 7.34. The van der Waals surface area contributed by atoms with E-state index in [0.29, 0.717) is 44.5 Å². The first-order chi connectivity index (χ1) is 11.2. The quantitative estimate of drug-likeness (QED) is 0.268. The highest BCUT2D eigenvalue weighted by atomic mass is 16.7. The van der Waals surface area contributed by atoms with E-state index in [2.05, 4.69) is 9.99 Å². The number of hydrogen-bond acceptors (Lipinski definition) is 7. The van der Waals surface area contributed by atoms with Crippen molar-refractivity contribution in [3.05, 3.63) is 23.8 Å². The Hall–Kier alpha value is -2.12. The van der Waals surface area contributed by atoms with Crippen LogP contribution >= 0.6 is 0 Å². The van der Waals surface area contributed by atoms with Crippen molar-refractivity contribution in [2.75, 3.05) is 40.1 Å². The molecule has 0 aromatic heterocycles. The predicted molar refractivity (Wildman–Crippen MR) is 85.2 cm³/mol. The molecule has 0 aliphatic heterocycles. The van der Waals surface area contributed by atoms with E-state index in [1.165, 1.54) is 13.1 Å². The lowest BCUT2D eigenvalue weighted by molar-refractivity contribution is -0.140. The second kappa shape index (κ2) is 11.4. The minimum Gasteiger partial charge on any atom is -0.493 e. The Labute approximate surface area is 136 Å². The van der Waals surface area contributed by atoms with Crippen LogP contribution in [0.5, 0.6) is 11.5 Å². The van der Waals surface area contributed by atoms with Crippen LogP contribution in [0, 0.1) is 0 Å². The van der Waals surface area contributed by atoms with Gasteiger partial charge in [-0.25, -0.2) is 4.79 Å². The summed E-state index contributed by atoms with van der Waals surface area (Å²) in [4.78, 5) is 15.1. The highest BCUT2D eigenvalue weighted by molar-refractivity contribution is 5.81. The molecule has 0 saturated heterocycles. The van der Waals surface area contributed by atoms with Crippen LogP contribution in [0.3, 0.4) is 0 Å². The van der Waals surface area contributed by atoms with Gasteiger partial charge < -0.3 is 23.8 Å². The molecule has 0 bridgehead atoms. The van der Waals surface area contributed by atoms with E-state index in [0.717, 1.165) is 5.56 Å². The van der Waals surface area contributed by atoms with Gasteiger partial charge >= 0.3 is 5.97 Å². The van der Waals surface area contributed by atoms with E-state index in [-0.39, 0.29) is 0 Å². The van der Waals surface area contributed by atoms with Crippen LogP contribution in [0.25, 0.3) is 0 Å². The van der Waals surface area contributed by atoms with Crippen molar-refractivity contribution in [2.45, 2.75) is 13.8 Å². The molecule has 1 aromatic carbocycles. The maximum absolute atomic E-state index is 10.6. The molecule has 7 nitrogen and oxygen atoms in total. The summed E-state index contributed by atoms with van der Waals surface area (Å²) in [5.74, 6) is 0.689. The third-order valence-electron chi connectivity index (χ3n) is 2.63. The number of carbonyl (C=O) groups is 1. The second-order valence-corrected chi connectivity index (χ2v) is 4.39. The molecule has 0 aliphatic rings. The third-order valence-corrected chi connectivity index (χ3v) is 2.63. The van der Waals surface area contributed by atoms with E-state index in [4.69, 9.17) is 18.9 Å². The molecule has 0 radical (unpaired) electrons. The van der Waals surface area contributed by atoms with Crippen LogP contribution in [0.15, 0.2) is 23.4 Å². The zero-order valence-electron chi connectivity index (χ0n) is 13.7. The Bertz CT molecular complexity index is 503. The number of carbonyl (C=O) groups excluding carboxylic acids is 1. The molecule has 1 rings (SSSR count). The molecule has 0 fully saturated rings. The zero-order valence-corrected chi connectivity index (χ0v) is 13.7. The molecule has 1 aromatic rings. The summed E-state index contributed by atoms with van der Waals surface area (Å²) in [6, 6.07) is 5.27. The number of methoxy groups -OCH3 is 1. The number of hydrogen-bond donors (Lipinski definition) is 0. The topological polar surface area (TPSA) is 75.6 Å². The fraction of sp³-hybridized carbons (Fsp3) is 0.500. The predicted octanol–water partition coefficient (Wildman–Crippen LogP) is 2.02. The zero-order chi connectivity index (χ0) is 16.9. The van der Waals surface area contributed by atoms with Crippen molar-refractivity contribution in [2.24, 2.45) is 5.16 Å². The Morgan fingerprint density at radius 1 is 1.13 bits per heavy atom. The van der Waals surface area contributed by atoms with Crippen molar-refractivity contribution in [1.29, 1.82) is 0 Å². The third kappa shape index (κ3) is 8.18. The van der Waals surface area contributed by atoms with Gasteiger partial charge in [0.2, 0.25) is 0 Å². The maximum atomic E-state index is 10.6. The van der Waals surface area contributed by atoms with Gasteiger partial charge in [-0.15, -0.1) is 0 Å². The Balaban J connectivity index is 2.43. The molecule has 128 valence electrons. The fourth-order valence-electron chi connectivity index (χ4n) is 1.62. The number of ether oxygens (including phenoxy) is 4. The van der Waals surface area contributed by atoms with Gasteiger partial charge in [-0.3, -0.25) is 0 Å². The first-order valence-corrected chi connectivity index (χ1v) is 7.34. The number of nitrogens with zero attached hydrogens (tertiary/aromatic N) is 1. The van der Waals surface area contributed by atoms with Crippen LogP contribution in [0.2, 0.25) is 0 Å². The minimum atomic E-state index is -0.475. The Morgan fingerprint density at radius 2 is 1.87 bits per heavy atom. The summed E-state index contributed by atoms with van der Waals surface area (Å²) >= 11 is 0. The van der Waals surface area contributed by atoms with Gasteiger partial charge in [-0.2, -0.15) is 0 Å². The molecule has 23 heavy (non-hydrogen) atoms. The summed E-state index contributed by atoms with van der Waals surface area (Å²) in [6.07, 6.45) is 1.42. The molecule has 0 atom stereocenters. The van der Waals surface area contributed by atoms with E-state index in [1.807, 2.05) is 6.92 Å². The van der Waals surface area contributed by atoms with Crippen molar-refractivity contribution in [3.63, 3.8) is 0 Å². The smallest absolute Gasteiger partial charge is 0.331 e. The normalized spacial score (nSPS) is 10.7. The van der Waals surface area contributed by atoms with E-state index in [9.17, 15) is 4.79 Å². The molecule has 0 saturated carbocycles. The average Bonchev–Trinajstić information content (AvgIpc) is 2.54. The van der Waals surface area contributed by atoms with E-state index >= 15 is 0 Å². The highest BCUT2D eigenvalue weighted by Gasteiger charge is 2.05. The van der Waals surface area contributed by atoms with Gasteiger partial charge in [-0.05, 0) is 25.1 Å². The second-order valence-electron chi connectivity index (χ2n) is 4.39. The van der Waals surface area contributed by atoms with Crippen molar-refractivity contribution in [1.82, 2.24) is 0 Å². The lowest BCUT2D eigenvalue weighted by Gasteiger charge is -2.11. The lowest BCUT2D eigenvalue weighted by Crippen LogP contribution is -2.11. The number of rotatable bonds is 11. The molecular formula is C16H23NO6. The fourth-order valence-corrected chi connectivity index (χ4v) is 1.62. The van der Waals surface area contributed by atoms with E-state index in [1.54, 1.807) is 25.3 Å². The van der Waals surface area contributed by atoms with Gasteiger partial charge in [0.05, 0.1) is 33.1 Å². The monoisotopic (exact) mass is 325 g/mol. The average molecular weight is 325 g/mol.